The van der Waals surface area contributed by atoms with Crippen molar-refractivity contribution in [2.45, 2.75) is 38.1 Å². The van der Waals surface area contributed by atoms with Crippen LogP contribution in [-0.4, -0.2) is 16.6 Å². The zero-order valence-corrected chi connectivity index (χ0v) is 11.5. The Balaban J connectivity index is 2.83. The fraction of sp³-hybridized carbons (Fsp3) is 0.462. The van der Waals surface area contributed by atoms with Crippen molar-refractivity contribution >= 4 is 21.9 Å². The minimum absolute atomic E-state index is 0.363. The van der Waals surface area contributed by atoms with Crippen molar-refractivity contribution in [3.63, 3.8) is 0 Å². The van der Waals surface area contributed by atoms with Crippen LogP contribution in [0.1, 0.15) is 31.7 Å². The number of unbranched alkanes of at least 4 members (excludes halogenated alkanes) is 1. The molecule has 0 aliphatic heterocycles. The van der Waals surface area contributed by atoms with Gasteiger partial charge in [0.25, 0.3) is 0 Å². The third-order valence-corrected chi connectivity index (χ3v) is 3.30. The highest BCUT2D eigenvalue weighted by Gasteiger charge is 2.33. The molecule has 0 aromatic heterocycles. The Morgan fingerprint density at radius 1 is 1.53 bits per heavy atom. The molecule has 4 heteroatoms. The van der Waals surface area contributed by atoms with E-state index in [1.54, 1.807) is 0 Å². The number of halogens is 1. The Morgan fingerprint density at radius 2 is 2.24 bits per heavy atom. The molecule has 0 heterocycles. The average molecular weight is 300 g/mol. The maximum absolute atomic E-state index is 11.3. The molecule has 1 atom stereocenters. The number of hydrogen-bond donors (Lipinski definition) is 2. The lowest BCUT2D eigenvalue weighted by atomic mass is 9.87. The van der Waals surface area contributed by atoms with E-state index in [4.69, 9.17) is 5.73 Å². The molecule has 0 aliphatic carbocycles. The van der Waals surface area contributed by atoms with Crippen molar-refractivity contribution in [2.75, 3.05) is 0 Å². The summed E-state index contributed by atoms with van der Waals surface area (Å²) in [5.74, 6) is -0.925. The van der Waals surface area contributed by atoms with Crippen LogP contribution >= 0.6 is 15.9 Å². The lowest BCUT2D eigenvalue weighted by Gasteiger charge is -2.24. The van der Waals surface area contributed by atoms with Gasteiger partial charge in [0, 0.05) is 10.9 Å². The van der Waals surface area contributed by atoms with E-state index in [-0.39, 0.29) is 0 Å². The summed E-state index contributed by atoms with van der Waals surface area (Å²) in [5.41, 5.74) is 5.78. The van der Waals surface area contributed by atoms with Crippen LogP contribution in [0.2, 0.25) is 0 Å². The van der Waals surface area contributed by atoms with Gasteiger partial charge >= 0.3 is 5.97 Å². The van der Waals surface area contributed by atoms with Gasteiger partial charge in [0.15, 0.2) is 0 Å². The molecule has 1 aromatic rings. The van der Waals surface area contributed by atoms with E-state index in [0.29, 0.717) is 12.8 Å². The smallest absolute Gasteiger partial charge is 0.324 e. The van der Waals surface area contributed by atoms with Crippen LogP contribution in [0, 0.1) is 0 Å². The third kappa shape index (κ3) is 4.13. The molecule has 3 nitrogen and oxygen atoms in total. The maximum Gasteiger partial charge on any atom is 0.324 e. The van der Waals surface area contributed by atoms with Crippen LogP contribution in [0.5, 0.6) is 0 Å². The SMILES string of the molecule is CCCCC(N)(Cc1cccc(Br)c1)C(=O)O. The number of nitrogens with two attached hydrogens (primary N) is 1. The number of carboxylic acids is 1. The van der Waals surface area contributed by atoms with Gasteiger partial charge in [-0.1, -0.05) is 47.8 Å². The van der Waals surface area contributed by atoms with Gasteiger partial charge in [-0.05, 0) is 24.1 Å². The van der Waals surface area contributed by atoms with Gasteiger partial charge in [-0.3, -0.25) is 4.79 Å². The van der Waals surface area contributed by atoms with Crippen molar-refractivity contribution in [2.24, 2.45) is 5.73 Å². The summed E-state index contributed by atoms with van der Waals surface area (Å²) in [6.45, 7) is 2.03. The summed E-state index contributed by atoms with van der Waals surface area (Å²) in [4.78, 5) is 11.3. The Bertz CT molecular complexity index is 395. The monoisotopic (exact) mass is 299 g/mol. The number of rotatable bonds is 6. The number of hydrogen-bond acceptors (Lipinski definition) is 2. The normalized spacial score (nSPS) is 14.3. The molecular formula is C13H18BrNO2. The molecule has 1 rings (SSSR count). The second kappa shape index (κ2) is 6.17. The summed E-state index contributed by atoms with van der Waals surface area (Å²) >= 11 is 3.37. The Labute approximate surface area is 110 Å². The highest BCUT2D eigenvalue weighted by Crippen LogP contribution is 2.20. The molecule has 94 valence electrons. The highest BCUT2D eigenvalue weighted by atomic mass is 79.9. The van der Waals surface area contributed by atoms with E-state index in [9.17, 15) is 9.90 Å². The number of carbonyl (C=O) groups is 1. The van der Waals surface area contributed by atoms with E-state index >= 15 is 0 Å². The first-order valence-electron chi connectivity index (χ1n) is 5.74. The number of aliphatic carboxylic acids is 1. The molecule has 17 heavy (non-hydrogen) atoms. The second-order valence-corrected chi connectivity index (χ2v) is 5.29. The Morgan fingerprint density at radius 3 is 2.76 bits per heavy atom. The van der Waals surface area contributed by atoms with Crippen LogP contribution in [0.25, 0.3) is 0 Å². The largest absolute Gasteiger partial charge is 0.480 e. The van der Waals surface area contributed by atoms with Crippen LogP contribution in [0.15, 0.2) is 28.7 Å². The fourth-order valence-electron chi connectivity index (χ4n) is 1.77. The second-order valence-electron chi connectivity index (χ2n) is 4.37. The van der Waals surface area contributed by atoms with E-state index in [1.165, 1.54) is 0 Å². The molecule has 0 saturated carbocycles. The van der Waals surface area contributed by atoms with Crippen LogP contribution < -0.4 is 5.73 Å². The first-order chi connectivity index (χ1) is 7.98. The molecular weight excluding hydrogens is 282 g/mol. The number of benzene rings is 1. The summed E-state index contributed by atoms with van der Waals surface area (Å²) < 4.78 is 0.943. The Kier molecular flexibility index (Phi) is 5.15. The highest BCUT2D eigenvalue weighted by molar-refractivity contribution is 9.10. The summed E-state index contributed by atoms with van der Waals surface area (Å²) in [6.07, 6.45) is 2.65. The van der Waals surface area contributed by atoms with Crippen LogP contribution in [-0.2, 0) is 11.2 Å². The topological polar surface area (TPSA) is 63.3 Å². The van der Waals surface area contributed by atoms with Crippen molar-refractivity contribution in [1.82, 2.24) is 0 Å². The van der Waals surface area contributed by atoms with Crippen molar-refractivity contribution in [1.29, 1.82) is 0 Å². The standard InChI is InChI=1S/C13H18BrNO2/c1-2-3-7-13(15,12(16)17)9-10-5-4-6-11(14)8-10/h4-6,8H,2-3,7,9,15H2,1H3,(H,16,17). The predicted molar refractivity (Wildman–Crippen MR) is 71.9 cm³/mol. The van der Waals surface area contributed by atoms with Gasteiger partial charge in [-0.25, -0.2) is 0 Å². The minimum atomic E-state index is -1.16. The van der Waals surface area contributed by atoms with Crippen LogP contribution in [0.3, 0.4) is 0 Å². The van der Waals surface area contributed by atoms with Gasteiger partial charge in [0.05, 0.1) is 0 Å². The number of carboxylic acid groups (broad SMARTS) is 1. The fourth-order valence-corrected chi connectivity index (χ4v) is 2.22. The van der Waals surface area contributed by atoms with Crippen LogP contribution in [0.4, 0.5) is 0 Å². The maximum atomic E-state index is 11.3. The molecule has 0 bridgehead atoms. The summed E-state index contributed by atoms with van der Waals surface area (Å²) in [5, 5.41) is 9.25. The molecule has 0 radical (unpaired) electrons. The molecule has 0 aliphatic rings. The molecule has 0 fully saturated rings. The Hall–Kier alpha value is -0.870. The van der Waals surface area contributed by atoms with Crippen molar-refractivity contribution in [3.05, 3.63) is 34.3 Å². The minimum Gasteiger partial charge on any atom is -0.480 e. The third-order valence-electron chi connectivity index (χ3n) is 2.81. The van der Waals surface area contributed by atoms with E-state index < -0.39 is 11.5 Å². The quantitative estimate of drug-likeness (QED) is 0.849. The average Bonchev–Trinajstić information content (AvgIpc) is 2.26. The molecule has 1 aromatic carbocycles. The van der Waals surface area contributed by atoms with Crippen molar-refractivity contribution < 1.29 is 9.90 Å². The lowest BCUT2D eigenvalue weighted by Crippen LogP contribution is -2.49. The molecule has 0 spiro atoms. The summed E-state index contributed by atoms with van der Waals surface area (Å²) in [7, 11) is 0. The summed E-state index contributed by atoms with van der Waals surface area (Å²) in [6, 6.07) is 7.62. The molecule has 3 N–H and O–H groups in total. The van der Waals surface area contributed by atoms with Gasteiger partial charge in [0.2, 0.25) is 0 Å². The van der Waals surface area contributed by atoms with Gasteiger partial charge in [0.1, 0.15) is 5.54 Å². The predicted octanol–water partition coefficient (Wildman–Crippen LogP) is 2.96. The molecule has 0 amide bonds. The van der Waals surface area contributed by atoms with E-state index in [2.05, 4.69) is 15.9 Å². The van der Waals surface area contributed by atoms with E-state index in [1.807, 2.05) is 31.2 Å². The van der Waals surface area contributed by atoms with Gasteiger partial charge < -0.3 is 10.8 Å². The van der Waals surface area contributed by atoms with E-state index in [0.717, 1.165) is 22.9 Å². The first-order valence-corrected chi connectivity index (χ1v) is 6.54. The first kappa shape index (κ1) is 14.2. The van der Waals surface area contributed by atoms with Gasteiger partial charge in [-0.2, -0.15) is 0 Å². The zero-order valence-electron chi connectivity index (χ0n) is 9.95. The van der Waals surface area contributed by atoms with Crippen molar-refractivity contribution in [3.8, 4) is 0 Å². The molecule has 0 saturated heterocycles. The lowest BCUT2D eigenvalue weighted by molar-refractivity contribution is -0.143. The zero-order chi connectivity index (χ0) is 12.9. The molecule has 1 unspecified atom stereocenters. The van der Waals surface area contributed by atoms with Gasteiger partial charge in [-0.15, -0.1) is 0 Å².